The van der Waals surface area contributed by atoms with Gasteiger partial charge in [0.2, 0.25) is 5.65 Å². The van der Waals surface area contributed by atoms with Gasteiger partial charge in [-0.2, -0.15) is 10.3 Å². The lowest BCUT2D eigenvalue weighted by molar-refractivity contribution is 0.122. The quantitative estimate of drug-likeness (QED) is 0.726. The van der Waals surface area contributed by atoms with Crippen molar-refractivity contribution < 1.29 is 9.84 Å². The van der Waals surface area contributed by atoms with Crippen molar-refractivity contribution in [2.24, 2.45) is 0 Å². The van der Waals surface area contributed by atoms with Crippen molar-refractivity contribution in [1.29, 1.82) is 0 Å². The molecule has 0 radical (unpaired) electrons. The first-order chi connectivity index (χ1) is 10.8. The molecule has 4 rings (SSSR count). The van der Waals surface area contributed by atoms with Gasteiger partial charge in [-0.15, -0.1) is 5.10 Å². The highest BCUT2D eigenvalue weighted by Gasteiger charge is 2.20. The maximum absolute atomic E-state index is 9.65. The van der Waals surface area contributed by atoms with Gasteiger partial charge in [-0.25, -0.2) is 9.97 Å². The Morgan fingerprint density at radius 3 is 2.82 bits per heavy atom. The third-order valence-electron chi connectivity index (χ3n) is 3.58. The number of nitrogens with zero attached hydrogens (tertiary/aromatic N) is 5. The number of ether oxygens (including phenoxy) is 1. The highest BCUT2D eigenvalue weighted by atomic mass is 16.5. The SMILES string of the molecule is Oc1cccc(-c2nc(N3CCOCC3)c3n[nH]nc3n2)c1. The topological polar surface area (TPSA) is 100 Å². The van der Waals surface area contributed by atoms with E-state index in [1.54, 1.807) is 18.2 Å². The zero-order valence-electron chi connectivity index (χ0n) is 11.7. The molecule has 1 fully saturated rings. The minimum Gasteiger partial charge on any atom is -0.508 e. The molecule has 0 bridgehead atoms. The molecule has 8 nitrogen and oxygen atoms in total. The van der Waals surface area contributed by atoms with Gasteiger partial charge in [-0.3, -0.25) is 0 Å². The van der Waals surface area contributed by atoms with Crippen molar-refractivity contribution in [3.8, 4) is 17.1 Å². The van der Waals surface area contributed by atoms with Gasteiger partial charge in [0.15, 0.2) is 17.2 Å². The van der Waals surface area contributed by atoms with Crippen molar-refractivity contribution in [3.05, 3.63) is 24.3 Å². The van der Waals surface area contributed by atoms with Crippen LogP contribution in [0.15, 0.2) is 24.3 Å². The summed E-state index contributed by atoms with van der Waals surface area (Å²) in [5.74, 6) is 1.42. The third kappa shape index (κ3) is 2.23. The molecule has 22 heavy (non-hydrogen) atoms. The van der Waals surface area contributed by atoms with Gasteiger partial charge in [-0.05, 0) is 12.1 Å². The van der Waals surface area contributed by atoms with Crippen LogP contribution in [-0.4, -0.2) is 56.8 Å². The smallest absolute Gasteiger partial charge is 0.207 e. The molecular weight excluding hydrogens is 284 g/mol. The number of phenols is 1. The molecule has 2 N–H and O–H groups in total. The normalized spacial score (nSPS) is 15.4. The first-order valence-electron chi connectivity index (χ1n) is 7.02. The number of phenolic OH excluding ortho intramolecular Hbond substituents is 1. The molecular formula is C14H14N6O2. The first kappa shape index (κ1) is 13.0. The van der Waals surface area contributed by atoms with Crippen LogP contribution in [0.25, 0.3) is 22.6 Å². The monoisotopic (exact) mass is 298 g/mol. The number of benzene rings is 1. The van der Waals surface area contributed by atoms with Crippen LogP contribution >= 0.6 is 0 Å². The van der Waals surface area contributed by atoms with E-state index in [0.29, 0.717) is 30.2 Å². The Kier molecular flexibility index (Phi) is 3.08. The van der Waals surface area contributed by atoms with E-state index in [1.807, 2.05) is 6.07 Å². The third-order valence-corrected chi connectivity index (χ3v) is 3.58. The molecule has 0 aliphatic carbocycles. The number of aromatic nitrogens is 5. The fourth-order valence-corrected chi connectivity index (χ4v) is 2.50. The number of hydrogen-bond donors (Lipinski definition) is 2. The van der Waals surface area contributed by atoms with Crippen molar-refractivity contribution in [3.63, 3.8) is 0 Å². The summed E-state index contributed by atoms with van der Waals surface area (Å²) in [5.41, 5.74) is 1.89. The van der Waals surface area contributed by atoms with E-state index in [9.17, 15) is 5.11 Å². The van der Waals surface area contributed by atoms with Gasteiger partial charge in [0.25, 0.3) is 0 Å². The van der Waals surface area contributed by atoms with E-state index >= 15 is 0 Å². The molecule has 0 atom stereocenters. The molecule has 0 amide bonds. The van der Waals surface area contributed by atoms with E-state index in [0.717, 1.165) is 24.5 Å². The Morgan fingerprint density at radius 1 is 1.14 bits per heavy atom. The van der Waals surface area contributed by atoms with Crippen LogP contribution in [0, 0.1) is 0 Å². The Balaban J connectivity index is 1.86. The molecule has 1 aromatic carbocycles. The predicted octanol–water partition coefficient (Wildman–Crippen LogP) is 0.957. The van der Waals surface area contributed by atoms with Gasteiger partial charge >= 0.3 is 0 Å². The van der Waals surface area contributed by atoms with Crippen molar-refractivity contribution in [1.82, 2.24) is 25.4 Å². The van der Waals surface area contributed by atoms with E-state index in [1.165, 1.54) is 0 Å². The predicted molar refractivity (Wildman–Crippen MR) is 79.6 cm³/mol. The maximum Gasteiger partial charge on any atom is 0.207 e. The second kappa shape index (κ2) is 5.23. The van der Waals surface area contributed by atoms with Crippen molar-refractivity contribution in [2.75, 3.05) is 31.2 Å². The minimum absolute atomic E-state index is 0.175. The van der Waals surface area contributed by atoms with E-state index in [-0.39, 0.29) is 5.75 Å². The molecule has 0 saturated carbocycles. The number of H-pyrrole nitrogens is 1. The summed E-state index contributed by atoms with van der Waals surface area (Å²) < 4.78 is 5.38. The van der Waals surface area contributed by atoms with Crippen LogP contribution in [-0.2, 0) is 4.74 Å². The molecule has 112 valence electrons. The highest BCUT2D eigenvalue weighted by molar-refractivity contribution is 5.84. The largest absolute Gasteiger partial charge is 0.508 e. The number of rotatable bonds is 2. The molecule has 8 heteroatoms. The fourth-order valence-electron chi connectivity index (χ4n) is 2.50. The number of hydrogen-bond acceptors (Lipinski definition) is 7. The number of fused-ring (bicyclic) bond motifs is 1. The van der Waals surface area contributed by atoms with Crippen molar-refractivity contribution >= 4 is 17.0 Å². The average Bonchev–Trinajstić information content (AvgIpc) is 3.03. The van der Waals surface area contributed by atoms with Crippen LogP contribution in [0.5, 0.6) is 5.75 Å². The molecule has 0 unspecified atom stereocenters. The van der Waals surface area contributed by atoms with E-state index < -0.39 is 0 Å². The highest BCUT2D eigenvalue weighted by Crippen LogP contribution is 2.27. The van der Waals surface area contributed by atoms with Gasteiger partial charge < -0.3 is 14.7 Å². The average molecular weight is 298 g/mol. The number of anilines is 1. The lowest BCUT2D eigenvalue weighted by Crippen LogP contribution is -2.37. The number of morpholine rings is 1. The molecule has 0 spiro atoms. The van der Waals surface area contributed by atoms with E-state index in [2.05, 4.69) is 30.3 Å². The Morgan fingerprint density at radius 2 is 2.00 bits per heavy atom. The molecule has 1 aliphatic rings. The summed E-state index contributed by atoms with van der Waals surface area (Å²) in [6.45, 7) is 2.81. The molecule has 3 heterocycles. The zero-order valence-corrected chi connectivity index (χ0v) is 11.7. The fraction of sp³-hybridized carbons (Fsp3) is 0.286. The Bertz CT molecular complexity index is 812. The second-order valence-corrected chi connectivity index (χ2v) is 5.02. The summed E-state index contributed by atoms with van der Waals surface area (Å²) in [7, 11) is 0. The number of aromatic hydroxyl groups is 1. The second-order valence-electron chi connectivity index (χ2n) is 5.02. The van der Waals surface area contributed by atoms with E-state index in [4.69, 9.17) is 4.74 Å². The van der Waals surface area contributed by atoms with Crippen LogP contribution in [0.1, 0.15) is 0 Å². The minimum atomic E-state index is 0.175. The Hall–Kier alpha value is -2.74. The summed E-state index contributed by atoms with van der Waals surface area (Å²) in [6, 6.07) is 6.85. The van der Waals surface area contributed by atoms with Crippen LogP contribution in [0.4, 0.5) is 5.82 Å². The molecule has 2 aromatic heterocycles. The molecule has 1 aliphatic heterocycles. The Labute approximate surface area is 125 Å². The maximum atomic E-state index is 9.65. The summed E-state index contributed by atoms with van der Waals surface area (Å²) in [5, 5.41) is 20.5. The van der Waals surface area contributed by atoms with Crippen molar-refractivity contribution in [2.45, 2.75) is 0 Å². The summed E-state index contributed by atoms with van der Waals surface area (Å²) in [6.07, 6.45) is 0. The van der Waals surface area contributed by atoms with Crippen LogP contribution in [0.3, 0.4) is 0 Å². The molecule has 3 aromatic rings. The lowest BCUT2D eigenvalue weighted by atomic mass is 10.2. The standard InChI is InChI=1S/C14H14N6O2/c21-10-3-1-2-9(8-10)12-15-13-11(17-19-18-13)14(16-12)20-4-6-22-7-5-20/h1-3,8,21H,4-7H2,(H,15,16,17,18,19). The van der Waals surface area contributed by atoms with Gasteiger partial charge in [0.1, 0.15) is 5.75 Å². The first-order valence-corrected chi connectivity index (χ1v) is 7.02. The zero-order chi connectivity index (χ0) is 14.9. The number of aromatic amines is 1. The molecule has 1 saturated heterocycles. The van der Waals surface area contributed by atoms with Gasteiger partial charge in [0.05, 0.1) is 13.2 Å². The number of nitrogens with one attached hydrogen (secondary N) is 1. The summed E-state index contributed by atoms with van der Waals surface area (Å²) in [4.78, 5) is 11.2. The van der Waals surface area contributed by atoms with Crippen LogP contribution < -0.4 is 4.90 Å². The van der Waals surface area contributed by atoms with Gasteiger partial charge in [-0.1, -0.05) is 12.1 Å². The lowest BCUT2D eigenvalue weighted by Gasteiger charge is -2.27. The van der Waals surface area contributed by atoms with Crippen LogP contribution in [0.2, 0.25) is 0 Å². The van der Waals surface area contributed by atoms with Gasteiger partial charge in [0, 0.05) is 18.7 Å². The summed E-state index contributed by atoms with van der Waals surface area (Å²) >= 11 is 0.